The molecule has 1 saturated heterocycles. The van der Waals surface area contributed by atoms with Gasteiger partial charge in [0.05, 0.1) is 5.56 Å². The normalized spacial score (nSPS) is 25.1. The highest BCUT2D eigenvalue weighted by molar-refractivity contribution is 5.38. The van der Waals surface area contributed by atoms with Crippen LogP contribution in [-0.2, 0) is 12.6 Å². The number of aryl methyl sites for hydroxylation is 2. The third kappa shape index (κ3) is 3.54. The standard InChI is InChI=1S/C21H24F3N3/c1-3-17-8-13(2)25-20(26-17)27-11-15-9-14(10-16(15)12-27)18-6-4-5-7-19(18)21(22,23)24/h4-8,14-16H,3,9-12H2,1-2H3/t14?,15-,16+. The molecule has 0 amide bonds. The number of hydrogen-bond acceptors (Lipinski definition) is 3. The van der Waals surface area contributed by atoms with Gasteiger partial charge >= 0.3 is 6.18 Å². The first-order valence-electron chi connectivity index (χ1n) is 9.60. The van der Waals surface area contributed by atoms with Gasteiger partial charge < -0.3 is 4.90 Å². The van der Waals surface area contributed by atoms with Crippen LogP contribution in [0.2, 0.25) is 0 Å². The van der Waals surface area contributed by atoms with Crippen molar-refractivity contribution in [3.8, 4) is 0 Å². The van der Waals surface area contributed by atoms with E-state index in [4.69, 9.17) is 0 Å². The van der Waals surface area contributed by atoms with Crippen molar-refractivity contribution in [1.29, 1.82) is 0 Å². The van der Waals surface area contributed by atoms with E-state index >= 15 is 0 Å². The van der Waals surface area contributed by atoms with Crippen molar-refractivity contribution < 1.29 is 13.2 Å². The Morgan fingerprint density at radius 2 is 1.74 bits per heavy atom. The van der Waals surface area contributed by atoms with E-state index in [1.807, 2.05) is 13.0 Å². The van der Waals surface area contributed by atoms with Crippen LogP contribution in [-0.4, -0.2) is 23.1 Å². The second-order valence-electron chi connectivity index (χ2n) is 7.83. The van der Waals surface area contributed by atoms with Crippen LogP contribution >= 0.6 is 0 Å². The minimum Gasteiger partial charge on any atom is -0.340 e. The maximum atomic E-state index is 13.4. The molecule has 2 aliphatic rings. The number of benzene rings is 1. The highest BCUT2D eigenvalue weighted by Crippen LogP contribution is 2.49. The predicted octanol–water partition coefficient (Wildman–Crippen LogP) is 5.00. The van der Waals surface area contributed by atoms with E-state index in [0.717, 1.165) is 49.7 Å². The molecular formula is C21H24F3N3. The highest BCUT2D eigenvalue weighted by atomic mass is 19.4. The van der Waals surface area contributed by atoms with Crippen molar-refractivity contribution in [3.05, 3.63) is 52.8 Å². The fraction of sp³-hybridized carbons (Fsp3) is 0.524. The van der Waals surface area contributed by atoms with E-state index < -0.39 is 11.7 Å². The summed E-state index contributed by atoms with van der Waals surface area (Å²) in [6, 6.07) is 8.07. The fourth-order valence-electron chi connectivity index (χ4n) is 4.77. The second-order valence-corrected chi connectivity index (χ2v) is 7.83. The molecule has 1 aromatic heterocycles. The van der Waals surface area contributed by atoms with Crippen LogP contribution in [0.25, 0.3) is 0 Å². The average Bonchev–Trinajstić information content (AvgIpc) is 3.19. The number of halogens is 3. The van der Waals surface area contributed by atoms with Crippen LogP contribution in [0.1, 0.15) is 48.2 Å². The molecule has 3 nitrogen and oxygen atoms in total. The molecule has 2 fully saturated rings. The first kappa shape index (κ1) is 18.3. The minimum absolute atomic E-state index is 0.00962. The maximum Gasteiger partial charge on any atom is 0.416 e. The molecule has 2 heterocycles. The molecule has 3 atom stereocenters. The molecule has 0 N–H and O–H groups in total. The Morgan fingerprint density at radius 3 is 2.37 bits per heavy atom. The zero-order chi connectivity index (χ0) is 19.2. The summed E-state index contributed by atoms with van der Waals surface area (Å²) in [5, 5.41) is 0. The summed E-state index contributed by atoms with van der Waals surface area (Å²) in [6.45, 7) is 5.72. The van der Waals surface area contributed by atoms with Crippen molar-refractivity contribution in [1.82, 2.24) is 9.97 Å². The zero-order valence-corrected chi connectivity index (χ0v) is 15.6. The lowest BCUT2D eigenvalue weighted by atomic mass is 9.91. The van der Waals surface area contributed by atoms with Crippen molar-refractivity contribution in [2.24, 2.45) is 11.8 Å². The van der Waals surface area contributed by atoms with E-state index in [1.54, 1.807) is 12.1 Å². The minimum atomic E-state index is -4.29. The molecule has 1 aromatic carbocycles. The number of nitrogens with zero attached hydrogens (tertiary/aromatic N) is 3. The molecule has 0 radical (unpaired) electrons. The molecule has 6 heteroatoms. The Morgan fingerprint density at radius 1 is 1.07 bits per heavy atom. The van der Waals surface area contributed by atoms with Gasteiger partial charge in [-0.15, -0.1) is 0 Å². The Labute approximate surface area is 157 Å². The smallest absolute Gasteiger partial charge is 0.340 e. The Kier molecular flexibility index (Phi) is 4.60. The Bertz CT molecular complexity index is 820. The number of anilines is 1. The van der Waals surface area contributed by atoms with Crippen molar-refractivity contribution in [2.45, 2.75) is 45.2 Å². The Hall–Kier alpha value is -2.11. The molecule has 144 valence electrons. The fourth-order valence-corrected chi connectivity index (χ4v) is 4.77. The van der Waals surface area contributed by atoms with Crippen LogP contribution < -0.4 is 4.90 Å². The van der Waals surface area contributed by atoms with Crippen LogP contribution in [0.5, 0.6) is 0 Å². The lowest BCUT2D eigenvalue weighted by Crippen LogP contribution is -2.24. The van der Waals surface area contributed by atoms with Gasteiger partial charge in [0.2, 0.25) is 5.95 Å². The number of fused-ring (bicyclic) bond motifs is 1. The molecular weight excluding hydrogens is 351 g/mol. The van der Waals surface area contributed by atoms with E-state index in [2.05, 4.69) is 21.8 Å². The highest BCUT2D eigenvalue weighted by Gasteiger charge is 2.44. The van der Waals surface area contributed by atoms with Gasteiger partial charge in [-0.25, -0.2) is 9.97 Å². The number of rotatable bonds is 3. The summed E-state index contributed by atoms with van der Waals surface area (Å²) in [7, 11) is 0. The lowest BCUT2D eigenvalue weighted by Gasteiger charge is -2.22. The monoisotopic (exact) mass is 375 g/mol. The van der Waals surface area contributed by atoms with Crippen molar-refractivity contribution in [3.63, 3.8) is 0 Å². The van der Waals surface area contributed by atoms with Gasteiger partial charge in [0.1, 0.15) is 0 Å². The van der Waals surface area contributed by atoms with E-state index in [9.17, 15) is 13.2 Å². The molecule has 0 spiro atoms. The molecule has 1 aliphatic carbocycles. The van der Waals surface area contributed by atoms with Gasteiger partial charge in [0.15, 0.2) is 0 Å². The van der Waals surface area contributed by atoms with E-state index in [-0.39, 0.29) is 5.92 Å². The van der Waals surface area contributed by atoms with Crippen molar-refractivity contribution >= 4 is 5.95 Å². The number of alkyl halides is 3. The summed E-state index contributed by atoms with van der Waals surface area (Å²) in [5.74, 6) is 1.58. The van der Waals surface area contributed by atoms with E-state index in [1.165, 1.54) is 12.1 Å². The molecule has 0 bridgehead atoms. The zero-order valence-electron chi connectivity index (χ0n) is 15.6. The van der Waals surface area contributed by atoms with Crippen LogP contribution in [0, 0.1) is 18.8 Å². The third-order valence-electron chi connectivity index (χ3n) is 6.00. The first-order valence-corrected chi connectivity index (χ1v) is 9.60. The maximum absolute atomic E-state index is 13.4. The second kappa shape index (κ2) is 6.80. The summed E-state index contributed by atoms with van der Waals surface area (Å²) in [5.41, 5.74) is 1.99. The molecule has 1 aliphatic heterocycles. The number of hydrogen-bond donors (Lipinski definition) is 0. The predicted molar refractivity (Wildman–Crippen MR) is 98.8 cm³/mol. The first-order chi connectivity index (χ1) is 12.8. The molecule has 1 saturated carbocycles. The van der Waals surface area contributed by atoms with Gasteiger partial charge in [-0.05, 0) is 61.6 Å². The summed E-state index contributed by atoms with van der Waals surface area (Å²) < 4.78 is 40.1. The molecule has 2 aromatic rings. The van der Waals surface area contributed by atoms with Crippen LogP contribution in [0.3, 0.4) is 0 Å². The summed E-state index contributed by atoms with van der Waals surface area (Å²) >= 11 is 0. The summed E-state index contributed by atoms with van der Waals surface area (Å²) in [6.07, 6.45) is -1.80. The quantitative estimate of drug-likeness (QED) is 0.756. The van der Waals surface area contributed by atoms with E-state index in [0.29, 0.717) is 17.4 Å². The van der Waals surface area contributed by atoms with Gasteiger partial charge in [-0.1, -0.05) is 25.1 Å². The lowest BCUT2D eigenvalue weighted by molar-refractivity contribution is -0.138. The van der Waals surface area contributed by atoms with Gasteiger partial charge in [-0.3, -0.25) is 0 Å². The Balaban J connectivity index is 1.50. The van der Waals surface area contributed by atoms with Crippen molar-refractivity contribution in [2.75, 3.05) is 18.0 Å². The summed E-state index contributed by atoms with van der Waals surface area (Å²) in [4.78, 5) is 11.4. The van der Waals surface area contributed by atoms with Crippen LogP contribution in [0.15, 0.2) is 30.3 Å². The van der Waals surface area contributed by atoms with Gasteiger partial charge in [0.25, 0.3) is 0 Å². The van der Waals surface area contributed by atoms with Gasteiger partial charge in [0, 0.05) is 24.5 Å². The molecule has 1 unspecified atom stereocenters. The van der Waals surface area contributed by atoms with Gasteiger partial charge in [-0.2, -0.15) is 13.2 Å². The topological polar surface area (TPSA) is 29.0 Å². The number of aromatic nitrogens is 2. The van der Waals surface area contributed by atoms with Crippen LogP contribution in [0.4, 0.5) is 19.1 Å². The largest absolute Gasteiger partial charge is 0.416 e. The third-order valence-corrected chi connectivity index (χ3v) is 6.00. The molecule has 4 rings (SSSR count). The average molecular weight is 375 g/mol. The SMILES string of the molecule is CCc1cc(C)nc(N2C[C@H]3CC(c4ccccc4C(F)(F)F)C[C@H]3C2)n1. The molecule has 27 heavy (non-hydrogen) atoms.